The van der Waals surface area contributed by atoms with Crippen molar-refractivity contribution >= 4 is 23.6 Å². The number of nitrogens with two attached hydrogens (primary N) is 1. The predicted molar refractivity (Wildman–Crippen MR) is 164 cm³/mol. The highest BCUT2D eigenvalue weighted by Gasteiger charge is 2.31. The van der Waals surface area contributed by atoms with E-state index in [-0.39, 0.29) is 43.0 Å². The number of carbonyl (C=O) groups is 4. The van der Waals surface area contributed by atoms with Gasteiger partial charge < -0.3 is 36.5 Å². The Hall–Kier alpha value is -4.00. The number of nitrogens with zero attached hydrogens (tertiary/aromatic N) is 1. The van der Waals surface area contributed by atoms with E-state index in [0.29, 0.717) is 56.8 Å². The van der Waals surface area contributed by atoms with E-state index in [4.69, 9.17) is 10.2 Å². The third-order valence-corrected chi connectivity index (χ3v) is 8.08. The molecule has 2 aliphatic rings. The van der Waals surface area contributed by atoms with Gasteiger partial charge in [0, 0.05) is 32.6 Å². The molecule has 0 spiro atoms. The van der Waals surface area contributed by atoms with Crippen molar-refractivity contribution in [3.63, 3.8) is 0 Å². The summed E-state index contributed by atoms with van der Waals surface area (Å²) in [7, 11) is 0. The van der Waals surface area contributed by atoms with E-state index in [9.17, 15) is 24.3 Å². The first-order valence-corrected chi connectivity index (χ1v) is 15.4. The molecule has 3 heterocycles. The second-order valence-corrected chi connectivity index (χ2v) is 11.4. The smallest absolute Gasteiger partial charge is 0.243 e. The highest BCUT2D eigenvalue weighted by Crippen LogP contribution is 2.19. The number of primary amides is 1. The van der Waals surface area contributed by atoms with Gasteiger partial charge in [0.05, 0.1) is 18.6 Å². The number of piperidine rings is 1. The van der Waals surface area contributed by atoms with Crippen molar-refractivity contribution in [3.05, 3.63) is 71.7 Å². The van der Waals surface area contributed by atoms with Crippen LogP contribution < -0.4 is 27.0 Å². The summed E-state index contributed by atoms with van der Waals surface area (Å²) in [6, 6.07) is 9.05. The molecule has 2 aliphatic heterocycles. The molecule has 44 heavy (non-hydrogen) atoms. The van der Waals surface area contributed by atoms with Gasteiger partial charge in [-0.2, -0.15) is 0 Å². The molecule has 1 saturated heterocycles. The Labute approximate surface area is 257 Å². The molecule has 12 nitrogen and oxygen atoms in total. The quantitative estimate of drug-likeness (QED) is 0.273. The minimum Gasteiger partial charge on any atom is -0.469 e. The number of furan rings is 1. The fourth-order valence-electron chi connectivity index (χ4n) is 5.60. The fraction of sp³-hybridized carbons (Fsp3) is 0.500. The molecule has 2 bridgehead atoms. The third-order valence-electron chi connectivity index (χ3n) is 8.08. The molecule has 2 aromatic rings. The summed E-state index contributed by atoms with van der Waals surface area (Å²) in [5, 5.41) is 22.6. The minimum absolute atomic E-state index is 0.0142. The predicted octanol–water partition coefficient (Wildman–Crippen LogP) is 0.496. The maximum absolute atomic E-state index is 13.4. The molecule has 12 heteroatoms. The molecule has 4 rings (SSSR count). The van der Waals surface area contributed by atoms with Crippen LogP contribution in [0.2, 0.25) is 0 Å². The Morgan fingerprint density at radius 1 is 1.00 bits per heavy atom. The topological polar surface area (TPSA) is 179 Å². The van der Waals surface area contributed by atoms with Crippen molar-refractivity contribution < 1.29 is 28.7 Å². The van der Waals surface area contributed by atoms with Crippen molar-refractivity contribution in [3.8, 4) is 0 Å². The summed E-state index contributed by atoms with van der Waals surface area (Å²) in [6.07, 6.45) is 7.70. The molecule has 0 aliphatic carbocycles. The number of carbonyl (C=O) groups excluding carboxylic acids is 4. The van der Waals surface area contributed by atoms with E-state index in [0.717, 1.165) is 18.4 Å². The van der Waals surface area contributed by atoms with E-state index < -0.39 is 24.2 Å². The van der Waals surface area contributed by atoms with Crippen molar-refractivity contribution in [2.24, 2.45) is 11.7 Å². The highest BCUT2D eigenvalue weighted by atomic mass is 16.3. The lowest BCUT2D eigenvalue weighted by atomic mass is 9.96. The van der Waals surface area contributed by atoms with Gasteiger partial charge in [0.1, 0.15) is 24.1 Å². The SMILES string of the molecule is NC(=O)[C@@H]1CCCCNC/C=C/C(O)N2CCC[C@H](C2)C(=O)N[C@@H](Cc2ccco2)C(=O)NCc2ccccc2CC(=O)N1. The average Bonchev–Trinajstić information content (AvgIpc) is 3.53. The van der Waals surface area contributed by atoms with E-state index >= 15 is 0 Å². The Bertz CT molecular complexity index is 1280. The van der Waals surface area contributed by atoms with Gasteiger partial charge in [0.2, 0.25) is 23.6 Å². The van der Waals surface area contributed by atoms with Gasteiger partial charge in [-0.05, 0) is 68.0 Å². The zero-order chi connectivity index (χ0) is 31.3. The maximum atomic E-state index is 13.4. The van der Waals surface area contributed by atoms with Gasteiger partial charge in [0.15, 0.2) is 0 Å². The lowest BCUT2D eigenvalue weighted by Gasteiger charge is -2.34. The number of hydrogen-bond donors (Lipinski definition) is 6. The van der Waals surface area contributed by atoms with Crippen LogP contribution in [0.5, 0.6) is 0 Å². The van der Waals surface area contributed by atoms with Crippen LogP contribution in [-0.2, 0) is 38.6 Å². The molecular formula is C32H44N6O6. The minimum atomic E-state index is -0.891. The summed E-state index contributed by atoms with van der Waals surface area (Å²) in [5.41, 5.74) is 7.01. The summed E-state index contributed by atoms with van der Waals surface area (Å²) < 4.78 is 5.47. The first-order chi connectivity index (χ1) is 21.3. The summed E-state index contributed by atoms with van der Waals surface area (Å²) >= 11 is 0. The van der Waals surface area contributed by atoms with Crippen molar-refractivity contribution in [2.75, 3.05) is 26.2 Å². The first-order valence-electron chi connectivity index (χ1n) is 15.4. The zero-order valence-corrected chi connectivity index (χ0v) is 25.0. The molecule has 0 radical (unpaired) electrons. The molecule has 0 saturated carbocycles. The number of fused-ring (bicyclic) bond motifs is 3. The van der Waals surface area contributed by atoms with Gasteiger partial charge in [0.25, 0.3) is 0 Å². The van der Waals surface area contributed by atoms with Crippen LogP contribution in [0.1, 0.15) is 49.0 Å². The number of nitrogens with one attached hydrogen (secondary N) is 4. The lowest BCUT2D eigenvalue weighted by molar-refractivity contribution is -0.133. The van der Waals surface area contributed by atoms with Gasteiger partial charge in [-0.15, -0.1) is 0 Å². The highest BCUT2D eigenvalue weighted by molar-refractivity contribution is 5.89. The second kappa shape index (κ2) is 16.7. The maximum Gasteiger partial charge on any atom is 0.243 e. The molecule has 1 fully saturated rings. The average molecular weight is 609 g/mol. The summed E-state index contributed by atoms with van der Waals surface area (Å²) in [6.45, 7) is 2.42. The number of amides is 4. The van der Waals surface area contributed by atoms with Crippen LogP contribution in [-0.4, -0.2) is 78.1 Å². The Kier molecular flexibility index (Phi) is 12.5. The van der Waals surface area contributed by atoms with Crippen molar-refractivity contribution in [1.82, 2.24) is 26.2 Å². The molecule has 1 aromatic heterocycles. The van der Waals surface area contributed by atoms with Gasteiger partial charge in [-0.3, -0.25) is 24.1 Å². The van der Waals surface area contributed by atoms with Crippen LogP contribution in [0.3, 0.4) is 0 Å². The second-order valence-electron chi connectivity index (χ2n) is 11.4. The van der Waals surface area contributed by atoms with Crippen molar-refractivity contribution in [2.45, 2.75) is 69.8 Å². The van der Waals surface area contributed by atoms with Gasteiger partial charge >= 0.3 is 0 Å². The molecule has 2 unspecified atom stereocenters. The summed E-state index contributed by atoms with van der Waals surface area (Å²) in [4.78, 5) is 53.6. The Balaban J connectivity index is 1.52. The van der Waals surface area contributed by atoms with E-state index in [1.165, 1.54) is 6.26 Å². The van der Waals surface area contributed by atoms with Crippen LogP contribution in [0.15, 0.2) is 59.2 Å². The number of aliphatic hydroxyl groups is 1. The third kappa shape index (κ3) is 10.0. The van der Waals surface area contributed by atoms with E-state index in [1.54, 1.807) is 30.3 Å². The van der Waals surface area contributed by atoms with E-state index in [1.807, 2.05) is 23.1 Å². The first kappa shape index (κ1) is 32.9. The number of benzene rings is 1. The monoisotopic (exact) mass is 608 g/mol. The van der Waals surface area contributed by atoms with Crippen LogP contribution >= 0.6 is 0 Å². The largest absolute Gasteiger partial charge is 0.469 e. The standard InChI is InChI=1S/C32H44N6O6/c33-30(41)26-12-3-4-14-34-15-5-13-29(40)38-16-6-10-24(21-38)31(42)37-27(19-25-11-7-17-44-25)32(43)35-20-23-9-2-1-8-22(23)18-28(39)36-26/h1-2,5,7-9,11,13,17,24,26-27,29,34,40H,3-4,6,10,12,14-16,18-21H2,(H2,33,41)(H,35,43)(H,36,39)(H,37,42)/b13-5+/t24-,26+,27+,29?/m1/s1. The number of aliphatic hydroxyl groups excluding tert-OH is 1. The number of hydrogen-bond acceptors (Lipinski definition) is 8. The molecule has 7 N–H and O–H groups in total. The lowest BCUT2D eigenvalue weighted by Crippen LogP contribution is -2.52. The Morgan fingerprint density at radius 3 is 2.59 bits per heavy atom. The molecule has 5 atom stereocenters. The molecular weight excluding hydrogens is 564 g/mol. The van der Waals surface area contributed by atoms with Crippen LogP contribution in [0.4, 0.5) is 0 Å². The van der Waals surface area contributed by atoms with Crippen LogP contribution in [0.25, 0.3) is 0 Å². The fourth-order valence-corrected chi connectivity index (χ4v) is 5.60. The molecule has 4 amide bonds. The van der Waals surface area contributed by atoms with Gasteiger partial charge in [-0.1, -0.05) is 30.3 Å². The molecule has 1 aromatic carbocycles. The number of rotatable bonds is 3. The van der Waals surface area contributed by atoms with Gasteiger partial charge in [-0.25, -0.2) is 0 Å². The Morgan fingerprint density at radius 2 is 1.82 bits per heavy atom. The normalized spacial score (nSPS) is 27.5. The van der Waals surface area contributed by atoms with E-state index in [2.05, 4.69) is 21.3 Å². The van der Waals surface area contributed by atoms with Crippen LogP contribution in [0, 0.1) is 5.92 Å². The van der Waals surface area contributed by atoms with Crippen molar-refractivity contribution in [1.29, 1.82) is 0 Å². The molecule has 238 valence electrons. The zero-order valence-electron chi connectivity index (χ0n) is 25.0. The summed E-state index contributed by atoms with van der Waals surface area (Å²) in [5.74, 6) is -1.40.